The molecule has 0 saturated heterocycles. The van der Waals surface area contributed by atoms with E-state index in [4.69, 9.17) is 15.0 Å². The van der Waals surface area contributed by atoms with Gasteiger partial charge in [-0.15, -0.1) is 0 Å². The van der Waals surface area contributed by atoms with Crippen molar-refractivity contribution in [2.45, 2.75) is 65.0 Å². The van der Waals surface area contributed by atoms with Gasteiger partial charge in [-0.1, -0.05) is 25.9 Å². The summed E-state index contributed by atoms with van der Waals surface area (Å²) in [6.45, 7) is 10.7. The van der Waals surface area contributed by atoms with Gasteiger partial charge < -0.3 is 15.0 Å². The summed E-state index contributed by atoms with van der Waals surface area (Å²) in [5.41, 5.74) is 5.52. The van der Waals surface area contributed by atoms with Gasteiger partial charge in [0.25, 0.3) is 0 Å². The Morgan fingerprint density at radius 3 is 2.56 bits per heavy atom. The van der Waals surface area contributed by atoms with Crippen molar-refractivity contribution in [2.24, 2.45) is 5.73 Å². The molecule has 0 bridgehead atoms. The Morgan fingerprint density at radius 1 is 1.39 bits per heavy atom. The van der Waals surface area contributed by atoms with Crippen LogP contribution in [-0.2, 0) is 10.3 Å². The fourth-order valence-electron chi connectivity index (χ4n) is 1.81. The van der Waals surface area contributed by atoms with E-state index in [2.05, 4.69) is 17.1 Å². The van der Waals surface area contributed by atoms with Crippen LogP contribution < -0.4 is 5.73 Å². The lowest BCUT2D eigenvalue weighted by Crippen LogP contribution is -2.28. The van der Waals surface area contributed by atoms with Crippen molar-refractivity contribution in [2.75, 3.05) is 6.61 Å². The number of nitrogens with zero attached hydrogens (tertiary/aromatic N) is 2. The van der Waals surface area contributed by atoms with Crippen LogP contribution in [0.2, 0.25) is 0 Å². The number of hydrogen-bond acceptors (Lipinski definition) is 5. The van der Waals surface area contributed by atoms with Gasteiger partial charge in [0.15, 0.2) is 0 Å². The largest absolute Gasteiger partial charge is 0.367 e. The predicted molar refractivity (Wildman–Crippen MR) is 70.2 cm³/mol. The standard InChI is InChI=1S/C13H25N3O2/c1-6-10(14)9(4)11-15-12(16-18-11)13(5,7-2)17-8-3/h9-10H,6-8,14H2,1-5H3. The average Bonchev–Trinajstić information content (AvgIpc) is 2.87. The molecule has 0 fully saturated rings. The third-order valence-electron chi connectivity index (χ3n) is 3.56. The molecule has 0 aliphatic heterocycles. The lowest BCUT2D eigenvalue weighted by Gasteiger charge is -2.24. The highest BCUT2D eigenvalue weighted by Gasteiger charge is 2.32. The topological polar surface area (TPSA) is 74.2 Å². The van der Waals surface area contributed by atoms with Gasteiger partial charge in [0.2, 0.25) is 11.7 Å². The predicted octanol–water partition coefficient (Wildman–Crippen LogP) is 2.57. The number of rotatable bonds is 7. The highest BCUT2D eigenvalue weighted by molar-refractivity contribution is 5.03. The second kappa shape index (κ2) is 6.29. The quantitative estimate of drug-likeness (QED) is 0.810. The average molecular weight is 255 g/mol. The van der Waals surface area contributed by atoms with Crippen molar-refractivity contribution in [3.8, 4) is 0 Å². The summed E-state index contributed by atoms with van der Waals surface area (Å²) in [4.78, 5) is 4.46. The zero-order valence-corrected chi connectivity index (χ0v) is 12.1. The molecule has 18 heavy (non-hydrogen) atoms. The molecule has 5 heteroatoms. The van der Waals surface area contributed by atoms with E-state index < -0.39 is 5.60 Å². The van der Waals surface area contributed by atoms with E-state index in [9.17, 15) is 0 Å². The Balaban J connectivity index is 2.91. The number of nitrogens with two attached hydrogens (primary N) is 1. The molecule has 1 heterocycles. The Morgan fingerprint density at radius 2 is 2.06 bits per heavy atom. The molecule has 0 aliphatic carbocycles. The van der Waals surface area contributed by atoms with Crippen LogP contribution >= 0.6 is 0 Å². The first kappa shape index (κ1) is 15.1. The van der Waals surface area contributed by atoms with Crippen LogP contribution in [0.15, 0.2) is 4.52 Å². The smallest absolute Gasteiger partial charge is 0.231 e. The lowest BCUT2D eigenvalue weighted by molar-refractivity contribution is -0.0403. The van der Waals surface area contributed by atoms with Gasteiger partial charge in [-0.25, -0.2) is 0 Å². The van der Waals surface area contributed by atoms with Gasteiger partial charge >= 0.3 is 0 Å². The third-order valence-corrected chi connectivity index (χ3v) is 3.56. The maximum atomic E-state index is 6.00. The minimum absolute atomic E-state index is 0.0401. The first-order valence-electron chi connectivity index (χ1n) is 6.72. The van der Waals surface area contributed by atoms with Crippen LogP contribution in [0, 0.1) is 0 Å². The first-order chi connectivity index (χ1) is 8.48. The molecule has 0 amide bonds. The Bertz CT molecular complexity index is 367. The van der Waals surface area contributed by atoms with Crippen LogP contribution in [-0.4, -0.2) is 22.8 Å². The first-order valence-corrected chi connectivity index (χ1v) is 6.72. The Hall–Kier alpha value is -0.940. The number of hydrogen-bond donors (Lipinski definition) is 1. The van der Waals surface area contributed by atoms with Crippen LogP contribution in [0.4, 0.5) is 0 Å². The molecule has 0 aliphatic rings. The minimum atomic E-state index is -0.480. The molecule has 1 rings (SSSR count). The van der Waals surface area contributed by atoms with Gasteiger partial charge in [0.1, 0.15) is 5.60 Å². The van der Waals surface area contributed by atoms with Crippen molar-refractivity contribution >= 4 is 0 Å². The molecule has 0 spiro atoms. The van der Waals surface area contributed by atoms with Crippen LogP contribution in [0.25, 0.3) is 0 Å². The second-order valence-electron chi connectivity index (χ2n) is 4.83. The molecule has 0 radical (unpaired) electrons. The summed E-state index contributed by atoms with van der Waals surface area (Å²) in [5.74, 6) is 1.27. The summed E-state index contributed by atoms with van der Waals surface area (Å²) in [6.07, 6.45) is 1.68. The summed E-state index contributed by atoms with van der Waals surface area (Å²) in [7, 11) is 0. The summed E-state index contributed by atoms with van der Waals surface area (Å²) < 4.78 is 11.1. The van der Waals surface area contributed by atoms with Crippen molar-refractivity contribution in [3.63, 3.8) is 0 Å². The van der Waals surface area contributed by atoms with Crippen LogP contribution in [0.5, 0.6) is 0 Å². The fraction of sp³-hybridized carbons (Fsp3) is 0.846. The van der Waals surface area contributed by atoms with Crippen LogP contribution in [0.3, 0.4) is 0 Å². The van der Waals surface area contributed by atoms with Gasteiger partial charge in [0, 0.05) is 12.6 Å². The minimum Gasteiger partial charge on any atom is -0.367 e. The van der Waals surface area contributed by atoms with Gasteiger partial charge in [-0.2, -0.15) is 4.98 Å². The van der Waals surface area contributed by atoms with Gasteiger partial charge in [-0.3, -0.25) is 0 Å². The van der Waals surface area contributed by atoms with E-state index in [-0.39, 0.29) is 12.0 Å². The molecule has 3 atom stereocenters. The molecular formula is C13H25N3O2. The number of aromatic nitrogens is 2. The molecular weight excluding hydrogens is 230 g/mol. The molecule has 3 unspecified atom stereocenters. The maximum absolute atomic E-state index is 6.00. The Kier molecular flexibility index (Phi) is 5.28. The van der Waals surface area contributed by atoms with E-state index in [0.29, 0.717) is 18.3 Å². The van der Waals surface area contributed by atoms with Crippen molar-refractivity contribution < 1.29 is 9.26 Å². The maximum Gasteiger partial charge on any atom is 0.231 e. The van der Waals surface area contributed by atoms with E-state index in [1.165, 1.54) is 0 Å². The zero-order valence-electron chi connectivity index (χ0n) is 12.1. The molecule has 5 nitrogen and oxygen atoms in total. The molecule has 0 aromatic carbocycles. The summed E-state index contributed by atoms with van der Waals surface area (Å²) in [6, 6.07) is 0.0401. The van der Waals surface area contributed by atoms with Crippen LogP contribution in [0.1, 0.15) is 65.1 Å². The SMILES string of the molecule is CCOC(C)(CC)c1noc(C(C)C(N)CC)n1. The van der Waals surface area contributed by atoms with E-state index in [1.807, 2.05) is 27.7 Å². The Labute approximate surface area is 109 Å². The molecule has 0 saturated carbocycles. The van der Waals surface area contributed by atoms with Crippen molar-refractivity contribution in [3.05, 3.63) is 11.7 Å². The van der Waals surface area contributed by atoms with E-state index in [0.717, 1.165) is 12.8 Å². The monoisotopic (exact) mass is 255 g/mol. The van der Waals surface area contributed by atoms with E-state index in [1.54, 1.807) is 0 Å². The van der Waals surface area contributed by atoms with E-state index >= 15 is 0 Å². The second-order valence-corrected chi connectivity index (χ2v) is 4.83. The normalized spacial score (nSPS) is 18.3. The summed E-state index contributed by atoms with van der Waals surface area (Å²) in [5, 5.41) is 4.05. The van der Waals surface area contributed by atoms with Gasteiger partial charge in [-0.05, 0) is 26.7 Å². The lowest BCUT2D eigenvalue weighted by atomic mass is 10.00. The van der Waals surface area contributed by atoms with Crippen molar-refractivity contribution in [1.29, 1.82) is 0 Å². The molecule has 1 aromatic heterocycles. The molecule has 104 valence electrons. The molecule has 1 aromatic rings. The number of ether oxygens (including phenoxy) is 1. The highest BCUT2D eigenvalue weighted by Crippen LogP contribution is 2.28. The summed E-state index contributed by atoms with van der Waals surface area (Å²) >= 11 is 0. The zero-order chi connectivity index (χ0) is 13.8. The third kappa shape index (κ3) is 3.09. The molecule has 2 N–H and O–H groups in total. The highest BCUT2D eigenvalue weighted by atomic mass is 16.5. The fourth-order valence-corrected chi connectivity index (χ4v) is 1.81. The van der Waals surface area contributed by atoms with Gasteiger partial charge in [0.05, 0.1) is 5.92 Å². The van der Waals surface area contributed by atoms with Crippen molar-refractivity contribution in [1.82, 2.24) is 10.1 Å².